The molecular weight excluding hydrogens is 306 g/mol. The Balaban J connectivity index is 1.61. The summed E-state index contributed by atoms with van der Waals surface area (Å²) in [6.45, 7) is 3.94. The maximum atomic E-state index is 10.00. The zero-order valence-corrected chi connectivity index (χ0v) is 15.7. The molecule has 3 saturated carbocycles. The van der Waals surface area contributed by atoms with Crippen LogP contribution in [0.1, 0.15) is 55.2 Å². The van der Waals surface area contributed by atoms with Crippen molar-refractivity contribution in [3.63, 3.8) is 0 Å². The van der Waals surface area contributed by atoms with Crippen molar-refractivity contribution in [3.8, 4) is 16.9 Å². The molecule has 0 radical (unpaired) electrons. The Bertz CT molecular complexity index is 743. The number of fused-ring (bicyclic) bond motifs is 3. The topological polar surface area (TPSA) is 32.3 Å². The van der Waals surface area contributed by atoms with Gasteiger partial charge in [-0.15, -0.1) is 0 Å². The first kappa shape index (κ1) is 16.7. The molecule has 25 heavy (non-hydrogen) atoms. The van der Waals surface area contributed by atoms with Gasteiger partial charge in [-0.25, -0.2) is 0 Å². The molecule has 132 valence electrons. The smallest absolute Gasteiger partial charge is 0.121 e. The van der Waals surface area contributed by atoms with Gasteiger partial charge in [0, 0.05) is 5.54 Å². The van der Waals surface area contributed by atoms with Crippen LogP contribution in [0.3, 0.4) is 0 Å². The predicted octanol–water partition coefficient (Wildman–Crippen LogP) is 5.24. The SMILES string of the molecule is CNC12CCC(c3ccc(-c4cc(C)c(O)c(C)c4)cc3)(CC1)CC2. The van der Waals surface area contributed by atoms with E-state index < -0.39 is 0 Å². The van der Waals surface area contributed by atoms with Crippen LogP contribution < -0.4 is 5.32 Å². The molecule has 2 heteroatoms. The van der Waals surface area contributed by atoms with Crippen LogP contribution in [0.5, 0.6) is 5.75 Å². The second kappa shape index (κ2) is 5.88. The number of hydrogen-bond acceptors (Lipinski definition) is 2. The molecule has 0 heterocycles. The van der Waals surface area contributed by atoms with Gasteiger partial charge < -0.3 is 10.4 Å². The van der Waals surface area contributed by atoms with E-state index in [-0.39, 0.29) is 0 Å². The number of benzene rings is 2. The monoisotopic (exact) mass is 335 g/mol. The molecule has 2 aromatic rings. The number of phenolic OH excluding ortho intramolecular Hbond substituents is 1. The summed E-state index contributed by atoms with van der Waals surface area (Å²) in [5.74, 6) is 0.414. The van der Waals surface area contributed by atoms with Gasteiger partial charge >= 0.3 is 0 Å². The molecule has 0 aliphatic heterocycles. The summed E-state index contributed by atoms with van der Waals surface area (Å²) in [7, 11) is 2.13. The van der Waals surface area contributed by atoms with Crippen molar-refractivity contribution in [2.45, 2.75) is 63.3 Å². The first-order chi connectivity index (χ1) is 12.0. The van der Waals surface area contributed by atoms with E-state index in [4.69, 9.17) is 0 Å². The van der Waals surface area contributed by atoms with E-state index in [1.807, 2.05) is 13.8 Å². The molecular formula is C23H29NO. The average Bonchev–Trinajstić information content (AvgIpc) is 2.67. The summed E-state index contributed by atoms with van der Waals surface area (Å²) in [5.41, 5.74) is 6.66. The quantitative estimate of drug-likeness (QED) is 0.804. The molecule has 2 aromatic carbocycles. The van der Waals surface area contributed by atoms with Crippen molar-refractivity contribution in [2.24, 2.45) is 0 Å². The normalized spacial score (nSPS) is 28.3. The highest BCUT2D eigenvalue weighted by molar-refractivity contribution is 5.67. The van der Waals surface area contributed by atoms with Crippen LogP contribution in [0.15, 0.2) is 36.4 Å². The van der Waals surface area contributed by atoms with Gasteiger partial charge in [0.15, 0.2) is 0 Å². The Labute approximate surface area is 151 Å². The summed E-state index contributed by atoms with van der Waals surface area (Å²) < 4.78 is 0. The Morgan fingerprint density at radius 2 is 1.32 bits per heavy atom. The third-order valence-electron chi connectivity index (χ3n) is 7.10. The maximum absolute atomic E-state index is 10.00. The minimum atomic E-state index is 0.401. The molecule has 3 fully saturated rings. The van der Waals surface area contributed by atoms with E-state index >= 15 is 0 Å². The number of hydrogen-bond donors (Lipinski definition) is 2. The van der Waals surface area contributed by atoms with E-state index in [9.17, 15) is 5.11 Å². The van der Waals surface area contributed by atoms with E-state index in [2.05, 4.69) is 48.8 Å². The molecule has 2 N–H and O–H groups in total. The molecule has 2 bridgehead atoms. The van der Waals surface area contributed by atoms with Gasteiger partial charge in [-0.1, -0.05) is 24.3 Å². The van der Waals surface area contributed by atoms with Gasteiger partial charge in [-0.2, -0.15) is 0 Å². The van der Waals surface area contributed by atoms with E-state index in [0.29, 0.717) is 16.7 Å². The van der Waals surface area contributed by atoms with Gasteiger partial charge in [0.25, 0.3) is 0 Å². The standard InChI is InChI=1S/C23H29NO/c1-16-14-19(15-17(2)21(16)25)18-4-6-20(7-5-18)22-8-11-23(24-3,12-9-22)13-10-22/h4-7,14-15,24-25H,8-13H2,1-3H3. The minimum Gasteiger partial charge on any atom is -0.507 e. The highest BCUT2D eigenvalue weighted by Gasteiger charge is 2.48. The van der Waals surface area contributed by atoms with Crippen molar-refractivity contribution in [1.29, 1.82) is 0 Å². The Morgan fingerprint density at radius 3 is 1.80 bits per heavy atom. The van der Waals surface area contributed by atoms with Gasteiger partial charge in [-0.3, -0.25) is 0 Å². The molecule has 3 aliphatic carbocycles. The predicted molar refractivity (Wildman–Crippen MR) is 104 cm³/mol. The summed E-state index contributed by atoms with van der Waals surface area (Å²) in [5, 5.41) is 13.6. The molecule has 0 amide bonds. The molecule has 0 saturated heterocycles. The van der Waals surface area contributed by atoms with Crippen LogP contribution in [0.25, 0.3) is 11.1 Å². The summed E-state index contributed by atoms with van der Waals surface area (Å²) >= 11 is 0. The van der Waals surface area contributed by atoms with Crippen molar-refractivity contribution in [2.75, 3.05) is 7.05 Å². The van der Waals surface area contributed by atoms with Crippen LogP contribution in [-0.4, -0.2) is 17.7 Å². The van der Waals surface area contributed by atoms with Crippen LogP contribution in [-0.2, 0) is 5.41 Å². The summed E-state index contributed by atoms with van der Waals surface area (Å²) in [6, 6.07) is 13.4. The van der Waals surface area contributed by atoms with E-state index in [1.165, 1.54) is 55.2 Å². The minimum absolute atomic E-state index is 0.401. The zero-order valence-electron chi connectivity index (χ0n) is 15.7. The molecule has 5 rings (SSSR count). The second-order valence-electron chi connectivity index (χ2n) is 8.35. The van der Waals surface area contributed by atoms with Gasteiger partial charge in [0.05, 0.1) is 0 Å². The lowest BCUT2D eigenvalue weighted by Gasteiger charge is -2.54. The molecule has 3 aliphatic rings. The first-order valence-corrected chi connectivity index (χ1v) is 9.57. The largest absolute Gasteiger partial charge is 0.507 e. The average molecular weight is 335 g/mol. The van der Waals surface area contributed by atoms with Crippen molar-refractivity contribution in [1.82, 2.24) is 5.32 Å². The number of phenols is 1. The Hall–Kier alpha value is -1.80. The highest BCUT2D eigenvalue weighted by Crippen LogP contribution is 2.53. The van der Waals surface area contributed by atoms with Crippen LogP contribution in [0, 0.1) is 13.8 Å². The van der Waals surface area contributed by atoms with Gasteiger partial charge in [0.1, 0.15) is 5.75 Å². The molecule has 0 atom stereocenters. The fraction of sp³-hybridized carbons (Fsp3) is 0.478. The van der Waals surface area contributed by atoms with Crippen LogP contribution >= 0.6 is 0 Å². The summed E-state index contributed by atoms with van der Waals surface area (Å²) in [6.07, 6.45) is 7.85. The lowest BCUT2D eigenvalue weighted by molar-refractivity contribution is 0.0835. The third kappa shape index (κ3) is 2.67. The number of aryl methyl sites for hydroxylation is 2. The van der Waals surface area contributed by atoms with Crippen molar-refractivity contribution < 1.29 is 5.11 Å². The lowest BCUT2D eigenvalue weighted by atomic mass is 9.55. The molecule has 0 spiro atoms. The van der Waals surface area contributed by atoms with E-state index in [0.717, 1.165) is 11.1 Å². The lowest BCUT2D eigenvalue weighted by Crippen LogP contribution is -2.54. The maximum Gasteiger partial charge on any atom is 0.121 e. The van der Waals surface area contributed by atoms with Gasteiger partial charge in [0.2, 0.25) is 0 Å². The highest BCUT2D eigenvalue weighted by atomic mass is 16.3. The molecule has 0 unspecified atom stereocenters. The first-order valence-electron chi connectivity index (χ1n) is 9.57. The van der Waals surface area contributed by atoms with E-state index in [1.54, 1.807) is 0 Å². The summed E-state index contributed by atoms with van der Waals surface area (Å²) in [4.78, 5) is 0. The van der Waals surface area contributed by atoms with Crippen molar-refractivity contribution >= 4 is 0 Å². The van der Waals surface area contributed by atoms with Gasteiger partial charge in [-0.05, 0) is 105 Å². The number of aromatic hydroxyl groups is 1. The van der Waals surface area contributed by atoms with Crippen LogP contribution in [0.4, 0.5) is 0 Å². The second-order valence-corrected chi connectivity index (χ2v) is 8.35. The number of rotatable bonds is 3. The van der Waals surface area contributed by atoms with Crippen molar-refractivity contribution in [3.05, 3.63) is 53.1 Å². The zero-order chi connectivity index (χ0) is 17.7. The molecule has 2 nitrogen and oxygen atoms in total. The van der Waals surface area contributed by atoms with Crippen LogP contribution in [0.2, 0.25) is 0 Å². The fourth-order valence-electron chi connectivity index (χ4n) is 5.13. The third-order valence-corrected chi connectivity index (χ3v) is 7.10. The Kier molecular flexibility index (Phi) is 3.92. The fourth-order valence-corrected chi connectivity index (χ4v) is 5.13. The Morgan fingerprint density at radius 1 is 0.800 bits per heavy atom. The molecule has 0 aromatic heterocycles. The number of nitrogens with one attached hydrogen (secondary N) is 1.